The Morgan fingerprint density at radius 1 is 0.746 bits per heavy atom. The van der Waals surface area contributed by atoms with Gasteiger partial charge in [-0.05, 0) is 111 Å². The summed E-state index contributed by atoms with van der Waals surface area (Å²) in [6, 6.07) is 16.6. The molecule has 18 heteroatoms. The smallest absolute Gasteiger partial charge is 0.416 e. The molecule has 1 amide bonds. The van der Waals surface area contributed by atoms with Gasteiger partial charge in [0.2, 0.25) is 5.91 Å². The van der Waals surface area contributed by atoms with Gasteiger partial charge in [0.25, 0.3) is 0 Å². The van der Waals surface area contributed by atoms with Crippen molar-refractivity contribution in [1.29, 1.82) is 0 Å². The third kappa shape index (κ3) is 14.9. The number of carbonyl (C=O) groups is 2. The van der Waals surface area contributed by atoms with E-state index < -0.39 is 29.4 Å². The number of aromatic nitrogens is 8. The monoisotopic (exact) mass is 875 g/mol. The summed E-state index contributed by atoms with van der Waals surface area (Å²) in [7, 11) is 0. The van der Waals surface area contributed by atoms with E-state index in [1.807, 2.05) is 50.5 Å². The number of nitrogens with zero attached hydrogens (tertiary/aromatic N) is 9. The molecule has 0 aliphatic carbocycles. The van der Waals surface area contributed by atoms with Crippen LogP contribution in [-0.4, -0.2) is 67.9 Å². The lowest BCUT2D eigenvalue weighted by molar-refractivity contribution is -0.138. The van der Waals surface area contributed by atoms with Crippen molar-refractivity contribution in [2.24, 2.45) is 0 Å². The van der Waals surface area contributed by atoms with Crippen molar-refractivity contribution in [3.8, 4) is 22.8 Å². The lowest BCUT2D eigenvalue weighted by Crippen LogP contribution is -2.32. The second-order valence-electron chi connectivity index (χ2n) is 14.3. The van der Waals surface area contributed by atoms with Crippen molar-refractivity contribution >= 4 is 24.3 Å². The Labute approximate surface area is 360 Å². The van der Waals surface area contributed by atoms with Crippen LogP contribution in [0.25, 0.3) is 35.2 Å². The zero-order chi connectivity index (χ0) is 46.3. The van der Waals surface area contributed by atoms with Crippen LogP contribution in [0.2, 0.25) is 0 Å². The van der Waals surface area contributed by atoms with Gasteiger partial charge in [-0.1, -0.05) is 32.4 Å². The van der Waals surface area contributed by atoms with Crippen molar-refractivity contribution in [3.05, 3.63) is 144 Å². The molecule has 12 nitrogen and oxygen atoms in total. The molecule has 0 radical (unpaired) electrons. The van der Waals surface area contributed by atoms with Crippen LogP contribution in [0, 0.1) is 13.8 Å². The maximum Gasteiger partial charge on any atom is 0.416 e. The predicted octanol–water partition coefficient (Wildman–Crippen LogP) is 10.6. The van der Waals surface area contributed by atoms with E-state index in [0.717, 1.165) is 46.9 Å². The number of aryl methyl sites for hydroxylation is 2. The summed E-state index contributed by atoms with van der Waals surface area (Å²) in [5.74, 6) is -0.525. The number of carboxylic acid groups (broad SMARTS) is 1. The van der Waals surface area contributed by atoms with Gasteiger partial charge in [-0.15, -0.1) is 10.2 Å². The van der Waals surface area contributed by atoms with Crippen LogP contribution in [0.15, 0.2) is 110 Å². The third-order valence-corrected chi connectivity index (χ3v) is 9.26. The van der Waals surface area contributed by atoms with E-state index >= 15 is 0 Å². The summed E-state index contributed by atoms with van der Waals surface area (Å²) >= 11 is 0. The van der Waals surface area contributed by atoms with E-state index in [1.54, 1.807) is 31.0 Å². The molecule has 6 rings (SSSR count). The number of aliphatic carboxylic acids is 1. The molecule has 0 saturated carbocycles. The van der Waals surface area contributed by atoms with E-state index in [0.29, 0.717) is 23.6 Å². The number of alkyl halides is 6. The number of carbonyl (C=O) groups excluding carboxylic acids is 1. The molecule has 0 spiro atoms. The van der Waals surface area contributed by atoms with Crippen molar-refractivity contribution in [2.75, 3.05) is 6.54 Å². The van der Waals surface area contributed by atoms with E-state index in [9.17, 15) is 35.9 Å². The van der Waals surface area contributed by atoms with Gasteiger partial charge in [0.15, 0.2) is 11.6 Å². The summed E-state index contributed by atoms with van der Waals surface area (Å²) in [6.07, 6.45) is 6.35. The minimum absolute atomic E-state index is 0.0826. The zero-order valence-corrected chi connectivity index (χ0v) is 35.4. The number of carboxylic acids is 1. The molecule has 0 bridgehead atoms. The number of benzene rings is 2. The molecule has 1 N–H and O–H groups in total. The number of pyridine rings is 2. The fourth-order valence-electron chi connectivity index (χ4n) is 6.16. The van der Waals surface area contributed by atoms with Crippen LogP contribution in [0.3, 0.4) is 0 Å². The first-order chi connectivity index (χ1) is 29.8. The average Bonchev–Trinajstić information content (AvgIpc) is 3.93. The Hall–Kier alpha value is -6.98. The van der Waals surface area contributed by atoms with Crippen molar-refractivity contribution in [2.45, 2.75) is 78.7 Å². The zero-order valence-electron chi connectivity index (χ0n) is 35.4. The standard InChI is InChI=1S/C22H22F3N5O.C13H10F3N3O2.C10H15N/c1-4-30(16(3)19-7-5-6-9-26-19)20(31)8-10-29-14-27-21(28-29)17-11-15(2)12-18(13-17)22(23,24)25;1-8-4-9(6-10(5-8)13(14,15)16)12-17-7-19(18-12)3-2-11(20)21;1-3-5-9(2)10-6-4-7-11-8-10/h5-14,16H,4H2,1-3H3;2-7H,1H3,(H,20,21);4,6-9H,3,5H2,1-2H3/b10-8-;3-2-;. The molecule has 0 saturated heterocycles. The predicted molar refractivity (Wildman–Crippen MR) is 226 cm³/mol. The van der Waals surface area contributed by atoms with E-state index in [1.165, 1.54) is 54.1 Å². The molecule has 4 heterocycles. The second-order valence-corrected chi connectivity index (χ2v) is 14.3. The summed E-state index contributed by atoms with van der Waals surface area (Å²) in [5.41, 5.74) is 1.94. The molecule has 0 aliphatic heterocycles. The number of halogens is 6. The summed E-state index contributed by atoms with van der Waals surface area (Å²) in [6.45, 7) is 11.8. The van der Waals surface area contributed by atoms with Gasteiger partial charge >= 0.3 is 18.3 Å². The molecule has 4 aromatic heterocycles. The van der Waals surface area contributed by atoms with Gasteiger partial charge in [-0.2, -0.15) is 26.3 Å². The minimum Gasteiger partial charge on any atom is -0.478 e. The lowest BCUT2D eigenvalue weighted by Gasteiger charge is -2.26. The highest BCUT2D eigenvalue weighted by molar-refractivity contribution is 5.90. The molecule has 6 aromatic rings. The number of hydrogen-bond acceptors (Lipinski definition) is 8. The number of rotatable bonds is 12. The highest BCUT2D eigenvalue weighted by atomic mass is 19.4. The number of amides is 1. The summed E-state index contributed by atoms with van der Waals surface area (Å²) < 4.78 is 79.9. The SMILES string of the molecule is CCCC(C)c1cccnc1.CCN(C(=O)/C=C\n1cnc(-c2cc(C)cc(C(F)(F)F)c2)n1)C(C)c1ccccn1.Cc1cc(-c2ncn(/C=C\C(=O)O)n2)cc(C(F)(F)F)c1. The lowest BCUT2D eigenvalue weighted by atomic mass is 9.99. The van der Waals surface area contributed by atoms with Crippen molar-refractivity contribution < 1.29 is 41.0 Å². The normalized spacial score (nSPS) is 12.6. The minimum atomic E-state index is -4.45. The van der Waals surface area contributed by atoms with Crippen molar-refractivity contribution in [3.63, 3.8) is 0 Å². The van der Waals surface area contributed by atoms with Gasteiger partial charge in [-0.3, -0.25) is 14.8 Å². The molecule has 2 aromatic carbocycles. The van der Waals surface area contributed by atoms with E-state index in [2.05, 4.69) is 50.0 Å². The molecule has 332 valence electrons. The van der Waals surface area contributed by atoms with Gasteiger partial charge in [0.05, 0.1) is 22.9 Å². The third-order valence-electron chi connectivity index (χ3n) is 9.26. The van der Waals surface area contributed by atoms with Crippen LogP contribution in [0.5, 0.6) is 0 Å². The first-order valence-corrected chi connectivity index (χ1v) is 19.7. The molecular weight excluding hydrogens is 829 g/mol. The summed E-state index contributed by atoms with van der Waals surface area (Å²) in [4.78, 5) is 41.0. The van der Waals surface area contributed by atoms with Gasteiger partial charge in [-0.25, -0.2) is 24.1 Å². The average molecular weight is 876 g/mol. The molecule has 0 aliphatic rings. The first kappa shape index (κ1) is 48.7. The number of hydrogen-bond donors (Lipinski definition) is 1. The summed E-state index contributed by atoms with van der Waals surface area (Å²) in [5, 5.41) is 16.6. The molecular formula is C45H47F6N9O3. The Morgan fingerprint density at radius 3 is 1.75 bits per heavy atom. The Kier molecular flexibility index (Phi) is 17.2. The topological polar surface area (TPSA) is 145 Å². The van der Waals surface area contributed by atoms with Crippen LogP contribution < -0.4 is 0 Å². The van der Waals surface area contributed by atoms with Crippen LogP contribution >= 0.6 is 0 Å². The molecule has 0 fully saturated rings. The Morgan fingerprint density at radius 2 is 1.30 bits per heavy atom. The van der Waals surface area contributed by atoms with E-state index in [-0.39, 0.29) is 34.7 Å². The quantitative estimate of drug-likeness (QED) is 0.0938. The van der Waals surface area contributed by atoms with Crippen LogP contribution in [0.1, 0.15) is 86.0 Å². The Balaban J connectivity index is 0.000000233. The fraction of sp³-hybridized carbons (Fsp3) is 0.289. The fourth-order valence-corrected chi connectivity index (χ4v) is 6.16. The number of likely N-dealkylation sites (N-methyl/N-ethyl adjacent to an activating group) is 1. The largest absolute Gasteiger partial charge is 0.478 e. The van der Waals surface area contributed by atoms with Crippen LogP contribution in [0.4, 0.5) is 26.3 Å². The highest BCUT2D eigenvalue weighted by Crippen LogP contribution is 2.34. The second kappa shape index (κ2) is 22.2. The van der Waals surface area contributed by atoms with Crippen LogP contribution in [-0.2, 0) is 21.9 Å². The molecule has 2 atom stereocenters. The Bertz CT molecular complexity index is 2470. The van der Waals surface area contributed by atoms with Gasteiger partial charge < -0.3 is 10.0 Å². The highest BCUT2D eigenvalue weighted by Gasteiger charge is 2.32. The maximum atomic E-state index is 13.1. The maximum absolute atomic E-state index is 13.1. The first-order valence-electron chi connectivity index (χ1n) is 19.7. The molecule has 2 unspecified atom stereocenters. The van der Waals surface area contributed by atoms with E-state index in [4.69, 9.17) is 5.11 Å². The molecule has 63 heavy (non-hydrogen) atoms. The van der Waals surface area contributed by atoms with Gasteiger partial charge in [0.1, 0.15) is 12.7 Å². The van der Waals surface area contributed by atoms with Gasteiger partial charge in [0, 0.05) is 60.8 Å². The van der Waals surface area contributed by atoms with Crippen molar-refractivity contribution in [1.82, 2.24) is 44.4 Å².